The predicted molar refractivity (Wildman–Crippen MR) is 154 cm³/mol. The van der Waals surface area contributed by atoms with Crippen molar-refractivity contribution < 1.29 is 38.4 Å². The predicted octanol–water partition coefficient (Wildman–Crippen LogP) is 5.14. The van der Waals surface area contributed by atoms with E-state index in [2.05, 4.69) is 5.32 Å². The molecule has 10 nitrogen and oxygen atoms in total. The summed E-state index contributed by atoms with van der Waals surface area (Å²) >= 11 is 0. The quantitative estimate of drug-likeness (QED) is 0.300. The van der Waals surface area contributed by atoms with Gasteiger partial charge in [-0.2, -0.15) is 0 Å². The summed E-state index contributed by atoms with van der Waals surface area (Å²) in [4.78, 5) is 39.3. The molecule has 2 aromatic rings. The lowest BCUT2D eigenvalue weighted by atomic mass is 9.99. The third-order valence-corrected chi connectivity index (χ3v) is 7.34. The van der Waals surface area contributed by atoms with Gasteiger partial charge in [-0.05, 0) is 80.3 Å². The van der Waals surface area contributed by atoms with E-state index in [0.29, 0.717) is 48.6 Å². The van der Waals surface area contributed by atoms with E-state index in [9.17, 15) is 14.4 Å². The average molecular weight is 571 g/mol. The van der Waals surface area contributed by atoms with Gasteiger partial charge in [0, 0.05) is 12.6 Å². The first kappa shape index (κ1) is 31.6. The molecule has 1 fully saturated rings. The first-order valence-electron chi connectivity index (χ1n) is 14.2. The summed E-state index contributed by atoms with van der Waals surface area (Å²) in [5, 5.41) is 12.1. The molecule has 1 unspecified atom stereocenters. The fourth-order valence-corrected chi connectivity index (χ4v) is 4.97. The van der Waals surface area contributed by atoms with Crippen molar-refractivity contribution in [3.8, 4) is 17.2 Å². The van der Waals surface area contributed by atoms with Gasteiger partial charge in [-0.3, -0.25) is 0 Å². The van der Waals surface area contributed by atoms with Crippen molar-refractivity contribution in [3.63, 3.8) is 0 Å². The zero-order chi connectivity index (χ0) is 29.8. The van der Waals surface area contributed by atoms with Crippen molar-refractivity contribution in [3.05, 3.63) is 53.6 Å². The summed E-state index contributed by atoms with van der Waals surface area (Å²) < 4.78 is 22.3. The number of piperidine rings is 1. The van der Waals surface area contributed by atoms with Gasteiger partial charge in [0.2, 0.25) is 0 Å². The molecule has 2 amide bonds. The van der Waals surface area contributed by atoms with Gasteiger partial charge in [-0.15, -0.1) is 0 Å². The van der Waals surface area contributed by atoms with Gasteiger partial charge in [0.15, 0.2) is 18.1 Å². The number of aryl methyl sites for hydroxylation is 1. The van der Waals surface area contributed by atoms with Crippen LogP contribution in [0.25, 0.3) is 0 Å². The van der Waals surface area contributed by atoms with Crippen LogP contribution in [-0.2, 0) is 20.7 Å². The number of esters is 1. The Morgan fingerprint density at radius 2 is 1.78 bits per heavy atom. The standard InChI is InChI=1S/C31H42N2O8/c1-5-23(6-2)32-31(37)33-17-8-7-12-25(33)30(36)41-26(22-10-9-11-24(19-22)40-20-29(34)35)15-13-21-14-16-27(38-3)28(18-21)39-4/h9-11,14,16,18-19,23,25-26H,5-8,12-13,15,17,20H2,1-4H3,(H,32,37)(H,34,35)/t25-,26?/m0/s1. The Hall–Kier alpha value is -3.95. The molecule has 2 atom stereocenters. The number of carbonyl (C=O) groups is 3. The second kappa shape index (κ2) is 15.7. The van der Waals surface area contributed by atoms with Gasteiger partial charge < -0.3 is 34.3 Å². The van der Waals surface area contributed by atoms with Crippen LogP contribution in [0.2, 0.25) is 0 Å². The molecule has 0 aromatic heterocycles. The zero-order valence-corrected chi connectivity index (χ0v) is 24.4. The van der Waals surface area contributed by atoms with Gasteiger partial charge in [0.05, 0.1) is 14.2 Å². The molecular formula is C31H42N2O8. The van der Waals surface area contributed by atoms with Gasteiger partial charge >= 0.3 is 18.0 Å². The number of aliphatic carboxylic acids is 1. The summed E-state index contributed by atoms with van der Waals surface area (Å²) in [6.07, 6.45) is 4.13. The van der Waals surface area contributed by atoms with Crippen molar-refractivity contribution in [1.29, 1.82) is 0 Å². The number of hydrogen-bond donors (Lipinski definition) is 2. The summed E-state index contributed by atoms with van der Waals surface area (Å²) in [7, 11) is 3.15. The van der Waals surface area contributed by atoms with E-state index in [1.807, 2.05) is 38.1 Å². The number of nitrogens with zero attached hydrogens (tertiary/aromatic N) is 1. The Kier molecular flexibility index (Phi) is 12.1. The zero-order valence-electron chi connectivity index (χ0n) is 24.4. The second-order valence-corrected chi connectivity index (χ2v) is 10.1. The number of carboxylic acid groups (broad SMARTS) is 1. The lowest BCUT2D eigenvalue weighted by Gasteiger charge is -2.36. The number of hydrogen-bond acceptors (Lipinski definition) is 7. The van der Waals surface area contributed by atoms with Crippen LogP contribution in [0.5, 0.6) is 17.2 Å². The number of carboxylic acids is 1. The highest BCUT2D eigenvalue weighted by Gasteiger charge is 2.35. The Labute approximate surface area is 241 Å². The van der Waals surface area contributed by atoms with Gasteiger partial charge in [0.25, 0.3) is 0 Å². The number of urea groups is 1. The van der Waals surface area contributed by atoms with Crippen molar-refractivity contribution in [1.82, 2.24) is 10.2 Å². The van der Waals surface area contributed by atoms with E-state index in [-0.39, 0.29) is 12.1 Å². The molecule has 10 heteroatoms. The fraction of sp³-hybridized carbons (Fsp3) is 0.516. The monoisotopic (exact) mass is 570 g/mol. The normalized spacial score (nSPS) is 15.6. The molecule has 0 bridgehead atoms. The topological polar surface area (TPSA) is 124 Å². The Morgan fingerprint density at radius 1 is 1.02 bits per heavy atom. The molecule has 0 aliphatic carbocycles. The molecule has 1 aliphatic rings. The van der Waals surface area contributed by atoms with Crippen LogP contribution >= 0.6 is 0 Å². The first-order valence-corrected chi connectivity index (χ1v) is 14.2. The number of likely N-dealkylation sites (tertiary alicyclic amines) is 1. The highest BCUT2D eigenvalue weighted by atomic mass is 16.5. The van der Waals surface area contributed by atoms with Crippen LogP contribution < -0.4 is 19.5 Å². The minimum Gasteiger partial charge on any atom is -0.493 e. The second-order valence-electron chi connectivity index (χ2n) is 10.1. The SMILES string of the molecule is CCC(CC)NC(=O)N1CCCC[C@H]1C(=O)OC(CCc1ccc(OC)c(OC)c1)c1cccc(OCC(=O)O)c1. The molecule has 0 radical (unpaired) electrons. The maximum absolute atomic E-state index is 13.6. The van der Waals surface area contributed by atoms with Crippen LogP contribution in [0.1, 0.15) is 69.6 Å². The number of amides is 2. The third-order valence-electron chi connectivity index (χ3n) is 7.34. The summed E-state index contributed by atoms with van der Waals surface area (Å²) in [6, 6.07) is 11.7. The third kappa shape index (κ3) is 9.03. The molecule has 2 aromatic carbocycles. The molecule has 224 valence electrons. The number of carbonyl (C=O) groups excluding carboxylic acids is 2. The van der Waals surface area contributed by atoms with Crippen LogP contribution in [0.3, 0.4) is 0 Å². The number of ether oxygens (including phenoxy) is 4. The van der Waals surface area contributed by atoms with E-state index in [1.165, 1.54) is 0 Å². The van der Waals surface area contributed by atoms with Crippen LogP contribution in [0.4, 0.5) is 4.79 Å². The van der Waals surface area contributed by atoms with E-state index in [1.54, 1.807) is 37.3 Å². The fourth-order valence-electron chi connectivity index (χ4n) is 4.97. The highest BCUT2D eigenvalue weighted by Crippen LogP contribution is 2.32. The van der Waals surface area contributed by atoms with Crippen LogP contribution in [-0.4, -0.2) is 67.4 Å². The van der Waals surface area contributed by atoms with Crippen LogP contribution in [0.15, 0.2) is 42.5 Å². The molecular weight excluding hydrogens is 528 g/mol. The number of nitrogens with one attached hydrogen (secondary N) is 1. The smallest absolute Gasteiger partial charge is 0.341 e. The largest absolute Gasteiger partial charge is 0.493 e. The van der Waals surface area contributed by atoms with E-state index in [4.69, 9.17) is 24.1 Å². The van der Waals surface area contributed by atoms with Crippen molar-refractivity contribution in [2.45, 2.75) is 77.0 Å². The summed E-state index contributed by atoms with van der Waals surface area (Å²) in [5.41, 5.74) is 1.64. The molecule has 0 spiro atoms. The molecule has 2 N–H and O–H groups in total. The molecule has 41 heavy (non-hydrogen) atoms. The number of methoxy groups -OCH3 is 2. The highest BCUT2D eigenvalue weighted by molar-refractivity contribution is 5.84. The first-order chi connectivity index (χ1) is 19.8. The lowest BCUT2D eigenvalue weighted by molar-refractivity contribution is -0.156. The van der Waals surface area contributed by atoms with Crippen molar-refractivity contribution in [2.75, 3.05) is 27.4 Å². The average Bonchev–Trinajstić information content (AvgIpc) is 3.00. The number of benzene rings is 2. The van der Waals surface area contributed by atoms with E-state index >= 15 is 0 Å². The molecule has 1 heterocycles. The summed E-state index contributed by atoms with van der Waals surface area (Å²) in [6.45, 7) is 4.05. The molecule has 1 saturated heterocycles. The lowest BCUT2D eigenvalue weighted by Crippen LogP contribution is -2.54. The van der Waals surface area contributed by atoms with Crippen molar-refractivity contribution >= 4 is 18.0 Å². The maximum Gasteiger partial charge on any atom is 0.341 e. The minimum absolute atomic E-state index is 0.0453. The maximum atomic E-state index is 13.6. The van der Waals surface area contributed by atoms with Gasteiger partial charge in [-0.1, -0.05) is 32.0 Å². The Bertz CT molecular complexity index is 1170. The van der Waals surface area contributed by atoms with E-state index < -0.39 is 30.7 Å². The molecule has 1 aliphatic heterocycles. The van der Waals surface area contributed by atoms with Gasteiger partial charge in [0.1, 0.15) is 17.9 Å². The van der Waals surface area contributed by atoms with Crippen molar-refractivity contribution in [2.24, 2.45) is 0 Å². The number of rotatable bonds is 14. The van der Waals surface area contributed by atoms with Crippen LogP contribution in [0, 0.1) is 0 Å². The summed E-state index contributed by atoms with van der Waals surface area (Å²) in [5.74, 6) is 0.0332. The Balaban J connectivity index is 1.83. The van der Waals surface area contributed by atoms with E-state index in [0.717, 1.165) is 31.2 Å². The molecule has 3 rings (SSSR count). The molecule has 0 saturated carbocycles. The van der Waals surface area contributed by atoms with Gasteiger partial charge in [-0.25, -0.2) is 14.4 Å². The Morgan fingerprint density at radius 3 is 2.46 bits per heavy atom. The minimum atomic E-state index is -1.09.